The van der Waals surface area contributed by atoms with Gasteiger partial charge in [0.2, 0.25) is 0 Å². The van der Waals surface area contributed by atoms with Crippen molar-refractivity contribution in [3.05, 3.63) is 29.8 Å². The number of carbonyl (C=O) groups is 1. The van der Waals surface area contributed by atoms with Gasteiger partial charge in [-0.2, -0.15) is 0 Å². The minimum Gasteiger partial charge on any atom is -0.460 e. The maximum Gasteiger partial charge on any atom is 0.309 e. The lowest BCUT2D eigenvalue weighted by Crippen LogP contribution is -2.49. The molecule has 1 aromatic carbocycles. The number of nitrogens with zero attached hydrogens (tertiary/aromatic N) is 1. The maximum absolute atomic E-state index is 12.2. The Labute approximate surface area is 132 Å². The van der Waals surface area contributed by atoms with Crippen molar-refractivity contribution in [2.75, 3.05) is 12.3 Å². The highest BCUT2D eigenvalue weighted by Crippen LogP contribution is 2.25. The number of carbonyl (C=O) groups excluding carboxylic acids is 1. The van der Waals surface area contributed by atoms with Gasteiger partial charge in [0.1, 0.15) is 5.60 Å². The monoisotopic (exact) mass is 305 g/mol. The first-order valence-electron chi connectivity index (χ1n) is 7.81. The first-order chi connectivity index (χ1) is 10.2. The lowest BCUT2D eigenvalue weighted by atomic mass is 9.94. The SMILES string of the molecule is CC(C)(C)OC(=O)[C@@H]1CCN(Cc2ccc(N)cc2)[C@H](N)C1. The van der Waals surface area contributed by atoms with Crippen LogP contribution in [0.5, 0.6) is 0 Å². The molecule has 2 rings (SSSR count). The van der Waals surface area contributed by atoms with Gasteiger partial charge in [-0.1, -0.05) is 12.1 Å². The molecular formula is C17H27N3O2. The number of nitrogen functional groups attached to an aromatic ring is 1. The summed E-state index contributed by atoms with van der Waals surface area (Å²) in [5.74, 6) is -0.230. The molecule has 1 aliphatic heterocycles. The summed E-state index contributed by atoms with van der Waals surface area (Å²) in [6.07, 6.45) is 1.31. The van der Waals surface area contributed by atoms with Gasteiger partial charge in [0, 0.05) is 18.8 Å². The van der Waals surface area contributed by atoms with Gasteiger partial charge in [-0.15, -0.1) is 0 Å². The molecule has 122 valence electrons. The van der Waals surface area contributed by atoms with Gasteiger partial charge >= 0.3 is 5.97 Å². The summed E-state index contributed by atoms with van der Waals surface area (Å²) < 4.78 is 5.47. The Morgan fingerprint density at radius 3 is 2.50 bits per heavy atom. The zero-order valence-electron chi connectivity index (χ0n) is 13.7. The number of esters is 1. The number of nitrogens with two attached hydrogens (primary N) is 2. The van der Waals surface area contributed by atoms with E-state index in [-0.39, 0.29) is 18.1 Å². The van der Waals surface area contributed by atoms with E-state index in [2.05, 4.69) is 4.90 Å². The molecule has 1 aliphatic rings. The molecule has 1 aromatic rings. The normalized spacial score (nSPS) is 23.3. The smallest absolute Gasteiger partial charge is 0.309 e. The van der Waals surface area contributed by atoms with Crippen molar-refractivity contribution in [3.63, 3.8) is 0 Å². The first-order valence-corrected chi connectivity index (χ1v) is 7.81. The van der Waals surface area contributed by atoms with Gasteiger partial charge in [-0.05, 0) is 51.3 Å². The van der Waals surface area contributed by atoms with Crippen LogP contribution in [0.4, 0.5) is 5.69 Å². The summed E-state index contributed by atoms with van der Waals surface area (Å²) in [6.45, 7) is 7.25. The van der Waals surface area contributed by atoms with E-state index >= 15 is 0 Å². The van der Waals surface area contributed by atoms with E-state index in [0.29, 0.717) is 6.42 Å². The Kier molecular flexibility index (Phi) is 5.08. The second kappa shape index (κ2) is 6.67. The molecule has 0 unspecified atom stereocenters. The molecule has 5 heteroatoms. The van der Waals surface area contributed by atoms with E-state index in [1.54, 1.807) is 0 Å². The average molecular weight is 305 g/mol. The van der Waals surface area contributed by atoms with E-state index in [9.17, 15) is 4.79 Å². The van der Waals surface area contributed by atoms with E-state index in [1.807, 2.05) is 45.0 Å². The number of ether oxygens (including phenoxy) is 1. The maximum atomic E-state index is 12.2. The van der Waals surface area contributed by atoms with Crippen molar-refractivity contribution in [2.24, 2.45) is 11.7 Å². The van der Waals surface area contributed by atoms with Crippen molar-refractivity contribution in [2.45, 2.75) is 51.9 Å². The molecule has 1 heterocycles. The Morgan fingerprint density at radius 2 is 1.95 bits per heavy atom. The molecule has 5 nitrogen and oxygen atoms in total. The van der Waals surface area contributed by atoms with Crippen LogP contribution in [0.25, 0.3) is 0 Å². The third-order valence-corrected chi connectivity index (χ3v) is 3.87. The molecule has 0 spiro atoms. The number of likely N-dealkylation sites (tertiary alicyclic amines) is 1. The molecule has 0 radical (unpaired) electrons. The highest BCUT2D eigenvalue weighted by atomic mass is 16.6. The zero-order chi connectivity index (χ0) is 16.3. The lowest BCUT2D eigenvalue weighted by Gasteiger charge is -2.37. The van der Waals surface area contributed by atoms with Crippen LogP contribution in [0, 0.1) is 5.92 Å². The number of benzene rings is 1. The minimum absolute atomic E-state index is 0.100. The van der Waals surface area contributed by atoms with Gasteiger partial charge in [0.05, 0.1) is 12.1 Å². The van der Waals surface area contributed by atoms with Crippen LogP contribution in [0.15, 0.2) is 24.3 Å². The molecule has 0 saturated carbocycles. The van der Waals surface area contributed by atoms with E-state index < -0.39 is 5.60 Å². The van der Waals surface area contributed by atoms with Crippen molar-refractivity contribution < 1.29 is 9.53 Å². The molecule has 0 aliphatic carbocycles. The van der Waals surface area contributed by atoms with Gasteiger partial charge < -0.3 is 16.2 Å². The minimum atomic E-state index is -0.442. The second-order valence-electron chi connectivity index (χ2n) is 7.03. The Bertz CT molecular complexity index is 508. The molecular weight excluding hydrogens is 278 g/mol. The summed E-state index contributed by atoms with van der Waals surface area (Å²) in [4.78, 5) is 14.4. The molecule has 4 N–H and O–H groups in total. The molecule has 1 saturated heterocycles. The van der Waals surface area contributed by atoms with E-state index in [1.165, 1.54) is 5.56 Å². The topological polar surface area (TPSA) is 81.6 Å². The summed E-state index contributed by atoms with van der Waals surface area (Å²) in [5, 5.41) is 0. The standard InChI is InChI=1S/C17H27N3O2/c1-17(2,3)22-16(21)13-8-9-20(15(19)10-13)11-12-4-6-14(18)7-5-12/h4-7,13,15H,8-11,18-19H2,1-3H3/t13-,15+/m1/s1. The largest absolute Gasteiger partial charge is 0.460 e. The van der Waals surface area contributed by atoms with E-state index in [0.717, 1.165) is 25.2 Å². The summed E-state index contributed by atoms with van der Waals surface area (Å²) >= 11 is 0. The van der Waals surface area contributed by atoms with Crippen molar-refractivity contribution in [1.82, 2.24) is 4.90 Å². The van der Waals surface area contributed by atoms with Crippen LogP contribution in [0.2, 0.25) is 0 Å². The summed E-state index contributed by atoms with van der Waals surface area (Å²) in [5.41, 5.74) is 13.4. The van der Waals surface area contributed by atoms with Crippen LogP contribution in [0.1, 0.15) is 39.2 Å². The highest BCUT2D eigenvalue weighted by molar-refractivity contribution is 5.73. The Morgan fingerprint density at radius 1 is 1.32 bits per heavy atom. The molecule has 2 atom stereocenters. The van der Waals surface area contributed by atoms with Crippen LogP contribution in [-0.4, -0.2) is 29.2 Å². The molecule has 22 heavy (non-hydrogen) atoms. The zero-order valence-corrected chi connectivity index (χ0v) is 13.7. The van der Waals surface area contributed by atoms with Crippen molar-refractivity contribution in [1.29, 1.82) is 0 Å². The number of piperidine rings is 1. The molecule has 0 amide bonds. The summed E-state index contributed by atoms with van der Waals surface area (Å²) in [6, 6.07) is 7.83. The van der Waals surface area contributed by atoms with Crippen molar-refractivity contribution >= 4 is 11.7 Å². The van der Waals surface area contributed by atoms with Gasteiger partial charge in [-0.3, -0.25) is 9.69 Å². The average Bonchev–Trinajstić information content (AvgIpc) is 2.41. The van der Waals surface area contributed by atoms with Crippen LogP contribution in [0.3, 0.4) is 0 Å². The highest BCUT2D eigenvalue weighted by Gasteiger charge is 2.32. The Balaban J connectivity index is 1.90. The van der Waals surface area contributed by atoms with Gasteiger partial charge in [0.25, 0.3) is 0 Å². The first kappa shape index (κ1) is 16.8. The number of hydrogen-bond acceptors (Lipinski definition) is 5. The predicted octanol–water partition coefficient (Wildman–Crippen LogP) is 2.11. The molecule has 0 bridgehead atoms. The Hall–Kier alpha value is -1.59. The van der Waals surface area contributed by atoms with Gasteiger partial charge in [0.15, 0.2) is 0 Å². The number of hydrogen-bond donors (Lipinski definition) is 2. The third kappa shape index (κ3) is 4.71. The van der Waals surface area contributed by atoms with Crippen LogP contribution < -0.4 is 11.5 Å². The number of anilines is 1. The fourth-order valence-electron chi connectivity index (χ4n) is 2.70. The van der Waals surface area contributed by atoms with Crippen molar-refractivity contribution in [3.8, 4) is 0 Å². The van der Waals surface area contributed by atoms with Gasteiger partial charge in [-0.25, -0.2) is 0 Å². The third-order valence-electron chi connectivity index (χ3n) is 3.87. The van der Waals surface area contributed by atoms with Crippen LogP contribution in [-0.2, 0) is 16.1 Å². The fourth-order valence-corrected chi connectivity index (χ4v) is 2.70. The predicted molar refractivity (Wildman–Crippen MR) is 87.8 cm³/mol. The summed E-state index contributed by atoms with van der Waals surface area (Å²) in [7, 11) is 0. The molecule has 0 aromatic heterocycles. The quantitative estimate of drug-likeness (QED) is 0.660. The molecule has 1 fully saturated rings. The van der Waals surface area contributed by atoms with E-state index in [4.69, 9.17) is 16.2 Å². The lowest BCUT2D eigenvalue weighted by molar-refractivity contribution is -0.162. The van der Waals surface area contributed by atoms with Crippen LogP contribution >= 0.6 is 0 Å². The number of rotatable bonds is 3. The fraction of sp³-hybridized carbons (Fsp3) is 0.588. The second-order valence-corrected chi connectivity index (χ2v) is 7.03.